The largest absolute Gasteiger partial charge is 0.329 e. The molecule has 0 amide bonds. The molecule has 0 saturated heterocycles. The fourth-order valence-electron chi connectivity index (χ4n) is 2.37. The molecule has 4 heteroatoms. The van der Waals surface area contributed by atoms with E-state index in [2.05, 4.69) is 23.9 Å². The number of aromatic nitrogens is 1. The first-order valence-electron chi connectivity index (χ1n) is 6.67. The van der Waals surface area contributed by atoms with Crippen LogP contribution >= 0.6 is 11.6 Å². The Kier molecular flexibility index (Phi) is 5.12. The van der Waals surface area contributed by atoms with Crippen LogP contribution in [0, 0.1) is 6.92 Å². The molecule has 0 aliphatic carbocycles. The molecule has 2 rings (SSSR count). The first kappa shape index (κ1) is 15.0. The van der Waals surface area contributed by atoms with Gasteiger partial charge in [0.25, 0.3) is 0 Å². The predicted octanol–water partition coefficient (Wildman–Crippen LogP) is 3.18. The monoisotopic (exact) mass is 289 g/mol. The first-order chi connectivity index (χ1) is 9.63. The quantitative estimate of drug-likeness (QED) is 0.919. The summed E-state index contributed by atoms with van der Waals surface area (Å²) < 4.78 is 0. The Hall–Kier alpha value is -1.42. The van der Waals surface area contributed by atoms with Gasteiger partial charge in [-0.1, -0.05) is 29.8 Å². The van der Waals surface area contributed by atoms with Crippen LogP contribution in [-0.2, 0) is 6.54 Å². The van der Waals surface area contributed by atoms with E-state index in [0.717, 1.165) is 17.1 Å². The zero-order valence-electron chi connectivity index (χ0n) is 11.9. The average Bonchev–Trinajstić information content (AvgIpc) is 2.44. The predicted molar refractivity (Wildman–Crippen MR) is 83.7 cm³/mol. The smallest absolute Gasteiger partial charge is 0.0488 e. The van der Waals surface area contributed by atoms with Crippen molar-refractivity contribution in [3.05, 3.63) is 64.4 Å². The van der Waals surface area contributed by atoms with Gasteiger partial charge >= 0.3 is 0 Å². The molecule has 1 unspecified atom stereocenters. The lowest BCUT2D eigenvalue weighted by molar-refractivity contribution is 0.240. The zero-order valence-corrected chi connectivity index (χ0v) is 12.6. The molecule has 0 aliphatic heterocycles. The van der Waals surface area contributed by atoms with Gasteiger partial charge in [0.2, 0.25) is 0 Å². The van der Waals surface area contributed by atoms with E-state index >= 15 is 0 Å². The van der Waals surface area contributed by atoms with Crippen molar-refractivity contribution in [3.8, 4) is 0 Å². The van der Waals surface area contributed by atoms with Crippen LogP contribution in [0.4, 0.5) is 0 Å². The molecule has 0 saturated carbocycles. The van der Waals surface area contributed by atoms with Gasteiger partial charge in [-0.05, 0) is 42.8 Å². The summed E-state index contributed by atoms with van der Waals surface area (Å²) in [7, 11) is 2.06. The molecule has 0 radical (unpaired) electrons. The van der Waals surface area contributed by atoms with Crippen LogP contribution < -0.4 is 5.73 Å². The number of nitrogens with two attached hydrogens (primary N) is 1. The summed E-state index contributed by atoms with van der Waals surface area (Å²) >= 11 is 6.22. The number of benzene rings is 1. The van der Waals surface area contributed by atoms with Crippen molar-refractivity contribution in [1.82, 2.24) is 9.88 Å². The molecule has 1 aromatic carbocycles. The molecule has 106 valence electrons. The highest BCUT2D eigenvalue weighted by molar-refractivity contribution is 6.31. The molecule has 0 aliphatic rings. The van der Waals surface area contributed by atoms with Crippen LogP contribution in [0.3, 0.4) is 0 Å². The molecule has 2 N–H and O–H groups in total. The van der Waals surface area contributed by atoms with E-state index in [1.807, 2.05) is 36.5 Å². The molecule has 1 heterocycles. The highest BCUT2D eigenvalue weighted by atomic mass is 35.5. The Morgan fingerprint density at radius 1 is 1.30 bits per heavy atom. The summed E-state index contributed by atoms with van der Waals surface area (Å²) in [6.07, 6.45) is 3.70. The lowest BCUT2D eigenvalue weighted by atomic mass is 10.0. The Labute approximate surface area is 125 Å². The van der Waals surface area contributed by atoms with Gasteiger partial charge < -0.3 is 5.73 Å². The lowest BCUT2D eigenvalue weighted by Crippen LogP contribution is -2.30. The van der Waals surface area contributed by atoms with E-state index in [9.17, 15) is 0 Å². The number of likely N-dealkylation sites (N-methyl/N-ethyl adjacent to an activating group) is 1. The second kappa shape index (κ2) is 6.84. The molecule has 20 heavy (non-hydrogen) atoms. The van der Waals surface area contributed by atoms with Gasteiger partial charge in [-0.15, -0.1) is 0 Å². The van der Waals surface area contributed by atoms with Crippen LogP contribution in [0.5, 0.6) is 0 Å². The number of hydrogen-bond donors (Lipinski definition) is 1. The topological polar surface area (TPSA) is 42.1 Å². The van der Waals surface area contributed by atoms with Gasteiger partial charge in [-0.3, -0.25) is 9.88 Å². The fraction of sp³-hybridized carbons (Fsp3) is 0.312. The lowest BCUT2D eigenvalue weighted by Gasteiger charge is -2.28. The van der Waals surface area contributed by atoms with E-state index in [-0.39, 0.29) is 6.04 Å². The van der Waals surface area contributed by atoms with Crippen molar-refractivity contribution in [2.24, 2.45) is 5.73 Å². The van der Waals surface area contributed by atoms with Gasteiger partial charge in [0.1, 0.15) is 0 Å². The molecule has 1 aromatic heterocycles. The minimum absolute atomic E-state index is 0.139. The average molecular weight is 290 g/mol. The normalized spacial score (nSPS) is 12.7. The minimum Gasteiger partial charge on any atom is -0.329 e. The number of halogens is 1. The highest BCUT2D eigenvalue weighted by Gasteiger charge is 2.18. The fourth-order valence-corrected chi connectivity index (χ4v) is 2.57. The summed E-state index contributed by atoms with van der Waals surface area (Å²) in [4.78, 5) is 6.43. The Balaban J connectivity index is 2.20. The van der Waals surface area contributed by atoms with Gasteiger partial charge in [0.05, 0.1) is 0 Å². The Morgan fingerprint density at radius 3 is 2.70 bits per heavy atom. The van der Waals surface area contributed by atoms with Crippen molar-refractivity contribution >= 4 is 11.6 Å². The van der Waals surface area contributed by atoms with Crippen molar-refractivity contribution < 1.29 is 0 Å². The van der Waals surface area contributed by atoms with Crippen LogP contribution in [0.1, 0.15) is 22.7 Å². The zero-order chi connectivity index (χ0) is 14.5. The molecule has 3 nitrogen and oxygen atoms in total. The van der Waals surface area contributed by atoms with Gasteiger partial charge in [0, 0.05) is 36.5 Å². The van der Waals surface area contributed by atoms with Crippen molar-refractivity contribution in [3.63, 3.8) is 0 Å². The van der Waals surface area contributed by atoms with Gasteiger partial charge in [-0.2, -0.15) is 0 Å². The number of hydrogen-bond acceptors (Lipinski definition) is 3. The number of aryl methyl sites for hydroxylation is 1. The van der Waals surface area contributed by atoms with Crippen LogP contribution in [0.15, 0.2) is 42.7 Å². The highest BCUT2D eigenvalue weighted by Crippen LogP contribution is 2.24. The van der Waals surface area contributed by atoms with Crippen molar-refractivity contribution in [2.75, 3.05) is 13.6 Å². The van der Waals surface area contributed by atoms with E-state index in [0.29, 0.717) is 6.54 Å². The molecular formula is C16H20ClN3. The number of rotatable bonds is 5. The molecule has 0 spiro atoms. The van der Waals surface area contributed by atoms with E-state index in [4.69, 9.17) is 17.3 Å². The standard InChI is InChI=1S/C16H20ClN3/c1-12-7-8-19-10-14(12)16(9-18)20(2)11-13-5-3-4-6-15(13)17/h3-8,10,16H,9,11,18H2,1-2H3. The summed E-state index contributed by atoms with van der Waals surface area (Å²) in [5.74, 6) is 0. The maximum Gasteiger partial charge on any atom is 0.0488 e. The second-order valence-electron chi connectivity index (χ2n) is 4.99. The third-order valence-electron chi connectivity index (χ3n) is 3.57. The maximum absolute atomic E-state index is 6.22. The summed E-state index contributed by atoms with van der Waals surface area (Å²) in [5.41, 5.74) is 9.45. The van der Waals surface area contributed by atoms with E-state index < -0.39 is 0 Å². The molecular weight excluding hydrogens is 270 g/mol. The van der Waals surface area contributed by atoms with E-state index in [1.54, 1.807) is 6.20 Å². The SMILES string of the molecule is Cc1ccncc1C(CN)N(C)Cc1ccccc1Cl. The third-order valence-corrected chi connectivity index (χ3v) is 3.94. The van der Waals surface area contributed by atoms with Gasteiger partial charge in [-0.25, -0.2) is 0 Å². The van der Waals surface area contributed by atoms with E-state index in [1.165, 1.54) is 11.1 Å². The second-order valence-corrected chi connectivity index (χ2v) is 5.40. The molecule has 0 bridgehead atoms. The molecule has 2 aromatic rings. The summed E-state index contributed by atoms with van der Waals surface area (Å²) in [6, 6.07) is 10.1. The third kappa shape index (κ3) is 3.37. The number of pyridine rings is 1. The maximum atomic E-state index is 6.22. The summed E-state index contributed by atoms with van der Waals surface area (Å²) in [6.45, 7) is 3.40. The van der Waals surface area contributed by atoms with Crippen LogP contribution in [0.25, 0.3) is 0 Å². The summed E-state index contributed by atoms with van der Waals surface area (Å²) in [5, 5.41) is 0.790. The van der Waals surface area contributed by atoms with Crippen LogP contribution in [0.2, 0.25) is 5.02 Å². The number of nitrogens with zero attached hydrogens (tertiary/aromatic N) is 2. The minimum atomic E-state index is 0.139. The van der Waals surface area contributed by atoms with Crippen molar-refractivity contribution in [2.45, 2.75) is 19.5 Å². The van der Waals surface area contributed by atoms with Gasteiger partial charge in [0.15, 0.2) is 0 Å². The Morgan fingerprint density at radius 2 is 2.05 bits per heavy atom. The van der Waals surface area contributed by atoms with Crippen molar-refractivity contribution in [1.29, 1.82) is 0 Å². The molecule has 1 atom stereocenters. The molecule has 0 fully saturated rings. The van der Waals surface area contributed by atoms with Crippen LogP contribution in [-0.4, -0.2) is 23.5 Å². The Bertz CT molecular complexity index is 571. The first-order valence-corrected chi connectivity index (χ1v) is 7.05.